The monoisotopic (exact) mass is 757 g/mol. The number of hydrogen-bond donors (Lipinski definition) is 0. The highest BCUT2D eigenvalue weighted by molar-refractivity contribution is 5.96. The second-order valence-corrected chi connectivity index (χ2v) is 15.3. The number of para-hydroxylation sites is 5. The lowest BCUT2D eigenvalue weighted by Crippen LogP contribution is -2.32. The van der Waals surface area contributed by atoms with E-state index in [9.17, 15) is 0 Å². The largest absolute Gasteiger partial charge is 0.456 e. The number of allylic oxidation sites excluding steroid dienone is 1. The molecule has 3 heteroatoms. The van der Waals surface area contributed by atoms with Gasteiger partial charge in [-0.2, -0.15) is 0 Å². The van der Waals surface area contributed by atoms with E-state index in [-0.39, 0.29) is 0 Å². The van der Waals surface area contributed by atoms with Gasteiger partial charge in [0.05, 0.1) is 11.1 Å². The van der Waals surface area contributed by atoms with Gasteiger partial charge in [-0.25, -0.2) is 0 Å². The first-order valence-electron chi connectivity index (χ1n) is 20.1. The first kappa shape index (κ1) is 34.6. The van der Waals surface area contributed by atoms with Crippen LogP contribution in [-0.2, 0) is 5.41 Å². The van der Waals surface area contributed by atoms with Crippen molar-refractivity contribution in [3.8, 4) is 33.8 Å². The minimum Gasteiger partial charge on any atom is -0.456 e. The summed E-state index contributed by atoms with van der Waals surface area (Å²) in [5.41, 5.74) is 16.3. The molecule has 0 atom stereocenters. The highest BCUT2D eigenvalue weighted by atomic mass is 16.5. The lowest BCUT2D eigenvalue weighted by atomic mass is 9.65. The van der Waals surface area contributed by atoms with Crippen LogP contribution in [0.25, 0.3) is 50.9 Å². The van der Waals surface area contributed by atoms with Crippen LogP contribution in [0.5, 0.6) is 11.5 Å². The van der Waals surface area contributed by atoms with Gasteiger partial charge in [-0.15, -0.1) is 0 Å². The van der Waals surface area contributed by atoms with Gasteiger partial charge in [0, 0.05) is 44.6 Å². The maximum absolute atomic E-state index is 6.99. The van der Waals surface area contributed by atoms with Crippen molar-refractivity contribution in [2.45, 2.75) is 12.3 Å². The lowest BCUT2D eigenvalue weighted by molar-refractivity contribution is 0.438. The summed E-state index contributed by atoms with van der Waals surface area (Å²) in [5.74, 6) is 2.57. The van der Waals surface area contributed by atoms with Gasteiger partial charge in [0.15, 0.2) is 0 Å². The zero-order chi connectivity index (χ0) is 39.5. The lowest BCUT2D eigenvalue weighted by Gasteiger charge is -2.40. The van der Waals surface area contributed by atoms with E-state index in [1.165, 1.54) is 27.8 Å². The molecular formula is C56H39NO2. The summed E-state index contributed by atoms with van der Waals surface area (Å²) in [6.45, 7) is 6.26. The van der Waals surface area contributed by atoms with Crippen molar-refractivity contribution >= 4 is 45.8 Å². The standard InChI is InChI=1S/C56H39NO2/c1-3-41-46-23-10-15-30-52(46)58-54(41)36-37(2)42-20-9-14-29-51(42)57(39-18-5-4-6-19-39)40-34-32-38(33-35-40)43-24-17-28-50-55(43)59-53-31-16-13-27-49(53)56(50)47-25-11-7-21-44(47)45-22-8-12-26-48(45)56/h3-36H,1H2,2H3/b37-36+. The van der Waals surface area contributed by atoms with Crippen molar-refractivity contribution in [3.63, 3.8) is 0 Å². The Balaban J connectivity index is 1.04. The Labute approximate surface area is 344 Å². The molecule has 0 saturated carbocycles. The molecular weight excluding hydrogens is 719 g/mol. The molecule has 0 bridgehead atoms. The molecule has 280 valence electrons. The molecule has 0 radical (unpaired) electrons. The minimum absolute atomic E-state index is 0.513. The summed E-state index contributed by atoms with van der Waals surface area (Å²) >= 11 is 0. The normalized spacial score (nSPS) is 13.3. The van der Waals surface area contributed by atoms with Gasteiger partial charge in [0.2, 0.25) is 0 Å². The average Bonchev–Trinajstić information content (AvgIpc) is 3.80. The van der Waals surface area contributed by atoms with E-state index in [2.05, 4.69) is 200 Å². The zero-order valence-corrected chi connectivity index (χ0v) is 32.6. The molecule has 0 N–H and O–H groups in total. The molecule has 2 aliphatic rings. The quantitative estimate of drug-likeness (QED) is 0.162. The summed E-state index contributed by atoms with van der Waals surface area (Å²) in [6.07, 6.45) is 4.01. The predicted octanol–water partition coefficient (Wildman–Crippen LogP) is 15.2. The number of furan rings is 1. The van der Waals surface area contributed by atoms with Gasteiger partial charge < -0.3 is 14.1 Å². The Morgan fingerprint density at radius 3 is 1.90 bits per heavy atom. The van der Waals surface area contributed by atoms with E-state index in [0.717, 1.165) is 78.7 Å². The molecule has 0 unspecified atom stereocenters. The molecule has 1 aliphatic heterocycles. The van der Waals surface area contributed by atoms with Crippen LogP contribution < -0.4 is 9.64 Å². The van der Waals surface area contributed by atoms with Crippen LogP contribution in [0.4, 0.5) is 17.1 Å². The van der Waals surface area contributed by atoms with E-state index in [0.29, 0.717) is 0 Å². The molecule has 0 saturated heterocycles. The molecule has 0 fully saturated rings. The molecule has 1 aromatic heterocycles. The number of ether oxygens (including phenoxy) is 1. The van der Waals surface area contributed by atoms with Crippen molar-refractivity contribution < 1.29 is 9.15 Å². The molecule has 59 heavy (non-hydrogen) atoms. The van der Waals surface area contributed by atoms with Crippen LogP contribution in [0.2, 0.25) is 0 Å². The van der Waals surface area contributed by atoms with E-state index in [1.54, 1.807) is 0 Å². The number of hydrogen-bond acceptors (Lipinski definition) is 3. The second-order valence-electron chi connectivity index (χ2n) is 15.3. The van der Waals surface area contributed by atoms with Crippen LogP contribution in [0.3, 0.4) is 0 Å². The number of benzene rings is 8. The Hall–Kier alpha value is -7.62. The summed E-state index contributed by atoms with van der Waals surface area (Å²) < 4.78 is 13.4. The number of anilines is 3. The fourth-order valence-corrected chi connectivity index (χ4v) is 9.58. The van der Waals surface area contributed by atoms with Gasteiger partial charge in [0.25, 0.3) is 0 Å². The van der Waals surface area contributed by atoms with Crippen LogP contribution >= 0.6 is 0 Å². The van der Waals surface area contributed by atoms with E-state index in [1.807, 2.05) is 24.3 Å². The smallest absolute Gasteiger partial charge is 0.140 e. The van der Waals surface area contributed by atoms with Crippen molar-refractivity contribution in [1.82, 2.24) is 0 Å². The van der Waals surface area contributed by atoms with Crippen LogP contribution in [-0.4, -0.2) is 0 Å². The van der Waals surface area contributed by atoms with Crippen molar-refractivity contribution in [1.29, 1.82) is 0 Å². The molecule has 2 heterocycles. The van der Waals surface area contributed by atoms with E-state index < -0.39 is 5.41 Å². The molecule has 0 amide bonds. The molecule has 8 aromatic carbocycles. The maximum Gasteiger partial charge on any atom is 0.140 e. The fourth-order valence-electron chi connectivity index (χ4n) is 9.58. The van der Waals surface area contributed by atoms with Gasteiger partial charge in [-0.3, -0.25) is 0 Å². The van der Waals surface area contributed by atoms with E-state index in [4.69, 9.17) is 9.15 Å². The Kier molecular flexibility index (Phi) is 8.09. The Morgan fingerprint density at radius 1 is 0.542 bits per heavy atom. The van der Waals surface area contributed by atoms with Gasteiger partial charge >= 0.3 is 0 Å². The van der Waals surface area contributed by atoms with Crippen molar-refractivity contribution in [2.24, 2.45) is 0 Å². The van der Waals surface area contributed by atoms with Crippen LogP contribution in [0.15, 0.2) is 205 Å². The maximum atomic E-state index is 6.99. The van der Waals surface area contributed by atoms with Gasteiger partial charge in [-0.05, 0) is 88.9 Å². The van der Waals surface area contributed by atoms with Gasteiger partial charge in [-0.1, -0.05) is 164 Å². The topological polar surface area (TPSA) is 25.6 Å². The second kappa shape index (κ2) is 13.8. The minimum atomic E-state index is -0.513. The third kappa shape index (κ3) is 5.28. The molecule has 9 aromatic rings. The molecule has 3 nitrogen and oxygen atoms in total. The summed E-state index contributed by atoms with van der Waals surface area (Å²) in [4.78, 5) is 2.33. The average molecular weight is 758 g/mol. The van der Waals surface area contributed by atoms with Gasteiger partial charge in [0.1, 0.15) is 22.8 Å². The van der Waals surface area contributed by atoms with E-state index >= 15 is 0 Å². The first-order chi connectivity index (χ1) is 29.1. The Bertz CT molecular complexity index is 3070. The number of rotatable bonds is 7. The highest BCUT2D eigenvalue weighted by Crippen LogP contribution is 2.63. The molecule has 1 aliphatic carbocycles. The summed E-state index contributed by atoms with van der Waals surface area (Å²) in [5, 5.41) is 1.06. The predicted molar refractivity (Wildman–Crippen MR) is 244 cm³/mol. The molecule has 1 spiro atoms. The Morgan fingerprint density at radius 2 is 1.14 bits per heavy atom. The van der Waals surface area contributed by atoms with Crippen molar-refractivity contribution in [2.75, 3.05) is 4.90 Å². The number of nitrogens with zero attached hydrogens (tertiary/aromatic N) is 1. The highest BCUT2D eigenvalue weighted by Gasteiger charge is 2.51. The first-order valence-corrected chi connectivity index (χ1v) is 20.1. The van der Waals surface area contributed by atoms with Crippen LogP contribution in [0.1, 0.15) is 46.1 Å². The third-order valence-corrected chi connectivity index (χ3v) is 12.1. The van der Waals surface area contributed by atoms with Crippen molar-refractivity contribution in [3.05, 3.63) is 240 Å². The fraction of sp³-hybridized carbons (Fsp3) is 0.0357. The zero-order valence-electron chi connectivity index (χ0n) is 32.6. The SMILES string of the molecule is C=Cc1c(/C=C(\C)c2ccccc2N(c2ccccc2)c2ccc(-c3cccc4c3Oc3ccccc3C43c4ccccc4-c4ccccc43)cc2)oc2ccccc12. The van der Waals surface area contributed by atoms with Crippen LogP contribution in [0, 0.1) is 0 Å². The molecule has 11 rings (SSSR count). The number of fused-ring (bicyclic) bond motifs is 10. The third-order valence-electron chi connectivity index (χ3n) is 12.1. The summed E-state index contributed by atoms with van der Waals surface area (Å²) in [7, 11) is 0. The summed E-state index contributed by atoms with van der Waals surface area (Å²) in [6, 6.07) is 69.1.